The number of ether oxygens (including phenoxy) is 2. The maximum atomic E-state index is 8.57. The molecule has 25 heavy (non-hydrogen) atoms. The van der Waals surface area contributed by atoms with Crippen LogP contribution in [0.3, 0.4) is 0 Å². The van der Waals surface area contributed by atoms with E-state index in [0.717, 1.165) is 24.5 Å². The van der Waals surface area contributed by atoms with E-state index in [9.17, 15) is 0 Å². The third-order valence-electron chi connectivity index (χ3n) is 4.17. The van der Waals surface area contributed by atoms with Crippen LogP contribution in [-0.2, 0) is 4.74 Å². The van der Waals surface area contributed by atoms with Crippen molar-refractivity contribution in [1.82, 2.24) is 9.97 Å². The molecule has 0 bridgehead atoms. The SMILES string of the molecule is COc1nccc(N)c1C(=N)c1ccnc(N2CC(C)OC(C)C2)c1. The molecule has 3 N–H and O–H groups in total. The Morgan fingerprint density at radius 2 is 1.92 bits per heavy atom. The number of nitrogen functional groups attached to an aromatic ring is 1. The number of methoxy groups -OCH3 is 1. The van der Waals surface area contributed by atoms with Crippen molar-refractivity contribution in [2.75, 3.05) is 30.8 Å². The highest BCUT2D eigenvalue weighted by atomic mass is 16.5. The van der Waals surface area contributed by atoms with Crippen molar-refractivity contribution in [3.63, 3.8) is 0 Å². The second-order valence-corrected chi connectivity index (χ2v) is 6.22. The van der Waals surface area contributed by atoms with Gasteiger partial charge in [0.05, 0.1) is 30.6 Å². The van der Waals surface area contributed by atoms with E-state index in [1.54, 1.807) is 24.5 Å². The number of rotatable bonds is 4. The first-order valence-electron chi connectivity index (χ1n) is 8.23. The molecule has 0 radical (unpaired) electrons. The summed E-state index contributed by atoms with van der Waals surface area (Å²) in [7, 11) is 1.52. The fourth-order valence-corrected chi connectivity index (χ4v) is 3.12. The third-order valence-corrected chi connectivity index (χ3v) is 4.17. The molecule has 1 fully saturated rings. The van der Waals surface area contributed by atoms with Crippen LogP contribution in [-0.4, -0.2) is 48.1 Å². The molecule has 1 saturated heterocycles. The largest absolute Gasteiger partial charge is 0.480 e. The van der Waals surface area contributed by atoms with Gasteiger partial charge in [0, 0.05) is 36.7 Å². The fraction of sp³-hybridized carbons (Fsp3) is 0.389. The van der Waals surface area contributed by atoms with E-state index in [1.165, 1.54) is 7.11 Å². The Hall–Kier alpha value is -2.67. The highest BCUT2D eigenvalue weighted by Gasteiger charge is 2.24. The van der Waals surface area contributed by atoms with E-state index in [-0.39, 0.29) is 17.9 Å². The highest BCUT2D eigenvalue weighted by Crippen LogP contribution is 2.26. The van der Waals surface area contributed by atoms with Crippen molar-refractivity contribution in [2.45, 2.75) is 26.1 Å². The van der Waals surface area contributed by atoms with Crippen LogP contribution in [0.4, 0.5) is 11.5 Å². The maximum absolute atomic E-state index is 8.57. The Balaban J connectivity index is 1.93. The van der Waals surface area contributed by atoms with Crippen molar-refractivity contribution in [3.05, 3.63) is 41.7 Å². The number of pyridine rings is 2. The zero-order valence-electron chi connectivity index (χ0n) is 14.7. The molecule has 0 aliphatic carbocycles. The first-order chi connectivity index (χ1) is 12.0. The summed E-state index contributed by atoms with van der Waals surface area (Å²) < 4.78 is 11.0. The summed E-state index contributed by atoms with van der Waals surface area (Å²) in [5.41, 5.74) is 7.98. The molecule has 3 heterocycles. The Bertz CT molecular complexity index is 770. The van der Waals surface area contributed by atoms with Gasteiger partial charge in [-0.15, -0.1) is 0 Å². The first kappa shape index (κ1) is 17.2. The summed E-state index contributed by atoms with van der Waals surface area (Å²) in [5, 5.41) is 8.57. The number of nitrogens with one attached hydrogen (secondary N) is 1. The van der Waals surface area contributed by atoms with Crippen molar-refractivity contribution in [2.24, 2.45) is 0 Å². The van der Waals surface area contributed by atoms with E-state index >= 15 is 0 Å². The van der Waals surface area contributed by atoms with E-state index in [4.69, 9.17) is 20.6 Å². The summed E-state index contributed by atoms with van der Waals surface area (Å²) in [6, 6.07) is 5.36. The van der Waals surface area contributed by atoms with Crippen LogP contribution < -0.4 is 15.4 Å². The number of aromatic nitrogens is 2. The number of morpholine rings is 1. The molecule has 2 atom stereocenters. The normalized spacial score (nSPS) is 20.4. The minimum absolute atomic E-state index is 0.141. The van der Waals surface area contributed by atoms with Crippen LogP contribution in [0.5, 0.6) is 5.88 Å². The van der Waals surface area contributed by atoms with Gasteiger partial charge in [0.15, 0.2) is 0 Å². The number of nitrogens with zero attached hydrogens (tertiary/aromatic N) is 3. The van der Waals surface area contributed by atoms with Gasteiger partial charge in [-0.2, -0.15) is 0 Å². The quantitative estimate of drug-likeness (QED) is 0.827. The van der Waals surface area contributed by atoms with Crippen LogP contribution >= 0.6 is 0 Å². The lowest BCUT2D eigenvalue weighted by molar-refractivity contribution is -0.00545. The number of hydrogen-bond acceptors (Lipinski definition) is 7. The smallest absolute Gasteiger partial charge is 0.224 e. The molecule has 132 valence electrons. The number of nitrogens with two attached hydrogens (primary N) is 1. The summed E-state index contributed by atoms with van der Waals surface area (Å²) >= 11 is 0. The monoisotopic (exact) mass is 341 g/mol. The molecule has 0 aromatic carbocycles. The molecule has 0 amide bonds. The molecule has 1 aliphatic rings. The van der Waals surface area contributed by atoms with Crippen LogP contribution in [0.25, 0.3) is 0 Å². The van der Waals surface area contributed by atoms with Gasteiger partial charge >= 0.3 is 0 Å². The van der Waals surface area contributed by atoms with Gasteiger partial charge in [-0.05, 0) is 32.0 Å². The molecule has 7 nitrogen and oxygen atoms in total. The van der Waals surface area contributed by atoms with Crippen LogP contribution in [0.15, 0.2) is 30.6 Å². The van der Waals surface area contributed by atoms with Gasteiger partial charge in [-0.3, -0.25) is 5.41 Å². The Morgan fingerprint density at radius 3 is 2.60 bits per heavy atom. The van der Waals surface area contributed by atoms with Gasteiger partial charge in [-0.1, -0.05) is 0 Å². The topological polar surface area (TPSA) is 97.4 Å². The summed E-state index contributed by atoms with van der Waals surface area (Å²) in [6.45, 7) is 5.64. The van der Waals surface area contributed by atoms with Gasteiger partial charge in [-0.25, -0.2) is 9.97 Å². The molecule has 1 aliphatic heterocycles. The number of anilines is 2. The molecular weight excluding hydrogens is 318 g/mol. The van der Waals surface area contributed by atoms with Gasteiger partial charge in [0.25, 0.3) is 0 Å². The zero-order valence-corrected chi connectivity index (χ0v) is 14.7. The standard InChI is InChI=1S/C18H23N5O2/c1-11-9-23(10-12(2)25-11)15-8-13(4-6-21-15)17(20)16-14(19)5-7-22-18(16)24-3/h4-8,11-12,20H,9-10H2,1-3H3,(H2,19,22). The minimum atomic E-state index is 0.141. The summed E-state index contributed by atoms with van der Waals surface area (Å²) in [5.74, 6) is 1.17. The zero-order chi connectivity index (χ0) is 18.0. The van der Waals surface area contributed by atoms with Crippen molar-refractivity contribution < 1.29 is 9.47 Å². The van der Waals surface area contributed by atoms with Gasteiger partial charge < -0.3 is 20.1 Å². The van der Waals surface area contributed by atoms with Gasteiger partial charge in [0.1, 0.15) is 5.82 Å². The lowest BCUT2D eigenvalue weighted by Crippen LogP contribution is -2.45. The molecule has 0 spiro atoms. The Labute approximate surface area is 147 Å². The predicted molar refractivity (Wildman–Crippen MR) is 97.6 cm³/mol. The minimum Gasteiger partial charge on any atom is -0.480 e. The van der Waals surface area contributed by atoms with Crippen molar-refractivity contribution in [1.29, 1.82) is 5.41 Å². The Kier molecular flexibility index (Phi) is 4.85. The second kappa shape index (κ2) is 7.06. The predicted octanol–water partition coefficient (Wildman–Crippen LogP) is 2.10. The lowest BCUT2D eigenvalue weighted by atomic mass is 10.0. The third kappa shape index (κ3) is 3.56. The first-order valence-corrected chi connectivity index (χ1v) is 8.23. The van der Waals surface area contributed by atoms with E-state index in [2.05, 4.69) is 28.7 Å². The summed E-state index contributed by atoms with van der Waals surface area (Å²) in [4.78, 5) is 10.8. The molecule has 2 unspecified atom stereocenters. The lowest BCUT2D eigenvalue weighted by Gasteiger charge is -2.36. The molecule has 0 saturated carbocycles. The van der Waals surface area contributed by atoms with Crippen LogP contribution in [0.2, 0.25) is 0 Å². The molecule has 2 aromatic heterocycles. The van der Waals surface area contributed by atoms with E-state index in [1.807, 2.05) is 6.07 Å². The molecule has 3 rings (SSSR count). The van der Waals surface area contributed by atoms with Crippen molar-refractivity contribution in [3.8, 4) is 5.88 Å². The fourth-order valence-electron chi connectivity index (χ4n) is 3.12. The molecule has 2 aromatic rings. The van der Waals surface area contributed by atoms with Crippen molar-refractivity contribution >= 4 is 17.2 Å². The Morgan fingerprint density at radius 1 is 1.24 bits per heavy atom. The average Bonchev–Trinajstić information content (AvgIpc) is 2.60. The van der Waals surface area contributed by atoms with E-state index in [0.29, 0.717) is 17.1 Å². The summed E-state index contributed by atoms with van der Waals surface area (Å²) in [6.07, 6.45) is 3.56. The second-order valence-electron chi connectivity index (χ2n) is 6.22. The average molecular weight is 341 g/mol. The van der Waals surface area contributed by atoms with E-state index < -0.39 is 0 Å². The van der Waals surface area contributed by atoms with Crippen LogP contribution in [0, 0.1) is 5.41 Å². The van der Waals surface area contributed by atoms with Gasteiger partial charge in [0.2, 0.25) is 5.88 Å². The molecular formula is C18H23N5O2. The highest BCUT2D eigenvalue weighted by molar-refractivity contribution is 6.15. The molecule has 7 heteroatoms. The van der Waals surface area contributed by atoms with Crippen LogP contribution in [0.1, 0.15) is 25.0 Å². The maximum Gasteiger partial charge on any atom is 0.224 e. The number of hydrogen-bond donors (Lipinski definition) is 2.